The Bertz CT molecular complexity index is 355. The molecule has 0 saturated carbocycles. The fraction of sp³-hybridized carbons (Fsp3) is 0.333. The molecule has 7 heteroatoms. The Morgan fingerprint density at radius 2 is 1.38 bits per heavy atom. The highest BCUT2D eigenvalue weighted by atomic mass is 19.4. The van der Waals surface area contributed by atoms with Gasteiger partial charge >= 0.3 is 12.1 Å². The van der Waals surface area contributed by atoms with Gasteiger partial charge in [0.15, 0.2) is 0 Å². The first-order valence-electron chi connectivity index (χ1n) is 4.12. The fourth-order valence-corrected chi connectivity index (χ4v) is 1.06. The van der Waals surface area contributed by atoms with Gasteiger partial charge in [0.1, 0.15) is 11.9 Å². The lowest BCUT2D eigenvalue weighted by atomic mass is 10.0. The minimum atomic E-state index is -5.74. The van der Waals surface area contributed by atoms with E-state index in [4.69, 9.17) is 5.73 Å². The zero-order valence-corrected chi connectivity index (χ0v) is 7.73. The van der Waals surface area contributed by atoms with Crippen LogP contribution < -0.4 is 5.73 Å². The van der Waals surface area contributed by atoms with Gasteiger partial charge in [0, 0.05) is 0 Å². The molecule has 1 rings (SSSR count). The van der Waals surface area contributed by atoms with Crippen LogP contribution in [0.3, 0.4) is 0 Å². The lowest BCUT2D eigenvalue weighted by Crippen LogP contribution is -2.45. The number of alkyl halides is 5. The predicted molar refractivity (Wildman–Crippen MR) is 44.3 cm³/mol. The summed E-state index contributed by atoms with van der Waals surface area (Å²) >= 11 is 0. The van der Waals surface area contributed by atoms with E-state index in [1.54, 1.807) is 0 Å². The Morgan fingerprint density at radius 3 is 1.75 bits per heavy atom. The summed E-state index contributed by atoms with van der Waals surface area (Å²) in [6.07, 6.45) is -5.74. The van der Waals surface area contributed by atoms with Crippen molar-refractivity contribution in [3.8, 4) is 0 Å². The number of rotatable bonds is 2. The Hall–Kier alpha value is -1.24. The quantitative estimate of drug-likeness (QED) is 0.794. The van der Waals surface area contributed by atoms with E-state index in [-0.39, 0.29) is 0 Å². The number of benzene rings is 1. The Morgan fingerprint density at radius 1 is 0.938 bits per heavy atom. The molecule has 0 bridgehead atoms. The zero-order valence-electron chi connectivity index (χ0n) is 7.73. The van der Waals surface area contributed by atoms with Gasteiger partial charge in [0.2, 0.25) is 0 Å². The summed E-state index contributed by atoms with van der Waals surface area (Å²) in [7, 11) is 0. The SMILES string of the molecule is N[C@H](c1ccc(F)cc1)C(F)(F)C(F)(F)F. The van der Waals surface area contributed by atoms with Gasteiger partial charge in [0.25, 0.3) is 0 Å². The van der Waals surface area contributed by atoms with Gasteiger partial charge in [-0.05, 0) is 17.7 Å². The molecule has 0 aliphatic carbocycles. The van der Waals surface area contributed by atoms with Crippen molar-refractivity contribution < 1.29 is 26.3 Å². The zero-order chi connectivity index (χ0) is 12.6. The highest BCUT2D eigenvalue weighted by Gasteiger charge is 2.61. The number of hydrogen-bond donors (Lipinski definition) is 1. The Labute approximate surface area is 86.9 Å². The van der Waals surface area contributed by atoms with E-state index < -0.39 is 29.5 Å². The van der Waals surface area contributed by atoms with Crippen LogP contribution in [0.25, 0.3) is 0 Å². The predicted octanol–water partition coefficient (Wildman–Crippen LogP) is 3.02. The maximum Gasteiger partial charge on any atom is 0.455 e. The second kappa shape index (κ2) is 3.97. The second-order valence-corrected chi connectivity index (χ2v) is 3.15. The summed E-state index contributed by atoms with van der Waals surface area (Å²) in [5.74, 6) is -5.79. The van der Waals surface area contributed by atoms with Crippen LogP contribution in [0, 0.1) is 5.82 Å². The lowest BCUT2D eigenvalue weighted by molar-refractivity contribution is -0.291. The molecule has 0 spiro atoms. The molecule has 0 aromatic heterocycles. The largest absolute Gasteiger partial charge is 0.455 e. The van der Waals surface area contributed by atoms with Crippen LogP contribution >= 0.6 is 0 Å². The van der Waals surface area contributed by atoms with E-state index in [0.29, 0.717) is 0 Å². The van der Waals surface area contributed by atoms with Gasteiger partial charge in [-0.3, -0.25) is 0 Å². The highest BCUT2D eigenvalue weighted by Crippen LogP contribution is 2.43. The first-order valence-corrected chi connectivity index (χ1v) is 4.12. The van der Waals surface area contributed by atoms with E-state index >= 15 is 0 Å². The van der Waals surface area contributed by atoms with E-state index in [1.807, 2.05) is 0 Å². The summed E-state index contributed by atoms with van der Waals surface area (Å²) in [5.41, 5.74) is 4.33. The van der Waals surface area contributed by atoms with Crippen LogP contribution in [-0.2, 0) is 0 Å². The highest BCUT2D eigenvalue weighted by molar-refractivity contribution is 5.22. The third-order valence-corrected chi connectivity index (χ3v) is 2.00. The normalized spacial score (nSPS) is 14.9. The number of halogens is 6. The maximum absolute atomic E-state index is 12.8. The van der Waals surface area contributed by atoms with Gasteiger partial charge in [-0.15, -0.1) is 0 Å². The van der Waals surface area contributed by atoms with Crippen molar-refractivity contribution in [1.29, 1.82) is 0 Å². The average Bonchev–Trinajstić information content (AvgIpc) is 2.16. The van der Waals surface area contributed by atoms with Crippen molar-refractivity contribution in [2.45, 2.75) is 18.1 Å². The summed E-state index contributed by atoms with van der Waals surface area (Å²) in [6.45, 7) is 0. The topological polar surface area (TPSA) is 26.0 Å². The summed E-state index contributed by atoms with van der Waals surface area (Å²) in [4.78, 5) is 0. The van der Waals surface area contributed by atoms with Crippen LogP contribution in [0.1, 0.15) is 11.6 Å². The first kappa shape index (κ1) is 12.8. The monoisotopic (exact) mass is 243 g/mol. The van der Waals surface area contributed by atoms with Crippen molar-refractivity contribution in [3.05, 3.63) is 35.6 Å². The summed E-state index contributed by atoms with van der Waals surface area (Å²) in [6, 6.07) is 0.566. The van der Waals surface area contributed by atoms with Gasteiger partial charge < -0.3 is 5.73 Å². The smallest absolute Gasteiger partial charge is 0.319 e. The molecule has 2 N–H and O–H groups in total. The van der Waals surface area contributed by atoms with E-state index in [2.05, 4.69) is 0 Å². The van der Waals surface area contributed by atoms with Gasteiger partial charge in [0.05, 0.1) is 0 Å². The number of nitrogens with two attached hydrogens (primary N) is 1. The number of hydrogen-bond acceptors (Lipinski definition) is 1. The molecule has 0 radical (unpaired) electrons. The van der Waals surface area contributed by atoms with Crippen LogP contribution in [-0.4, -0.2) is 12.1 Å². The molecule has 0 aliphatic heterocycles. The second-order valence-electron chi connectivity index (χ2n) is 3.15. The van der Waals surface area contributed by atoms with Crippen molar-refractivity contribution in [3.63, 3.8) is 0 Å². The van der Waals surface area contributed by atoms with E-state index in [0.717, 1.165) is 24.3 Å². The molecule has 0 saturated heterocycles. The standard InChI is InChI=1S/C9H7F6N/c10-6-3-1-5(2-4-6)7(16)8(11,12)9(13,14)15/h1-4,7H,16H2/t7-/m1/s1. The van der Waals surface area contributed by atoms with E-state index in [1.165, 1.54) is 0 Å². The lowest BCUT2D eigenvalue weighted by Gasteiger charge is -2.25. The average molecular weight is 243 g/mol. The molecule has 1 aromatic carbocycles. The van der Waals surface area contributed by atoms with Crippen molar-refractivity contribution >= 4 is 0 Å². The van der Waals surface area contributed by atoms with Crippen LogP contribution in [0.2, 0.25) is 0 Å². The molecular weight excluding hydrogens is 236 g/mol. The summed E-state index contributed by atoms with van der Waals surface area (Å²) in [5, 5.41) is 0. The molecule has 16 heavy (non-hydrogen) atoms. The van der Waals surface area contributed by atoms with Crippen molar-refractivity contribution in [2.75, 3.05) is 0 Å². The molecule has 0 amide bonds. The van der Waals surface area contributed by atoms with Crippen LogP contribution in [0.5, 0.6) is 0 Å². The van der Waals surface area contributed by atoms with Gasteiger partial charge in [-0.1, -0.05) is 12.1 Å². The maximum atomic E-state index is 12.8. The molecule has 1 nitrogen and oxygen atoms in total. The summed E-state index contributed by atoms with van der Waals surface area (Å²) < 4.78 is 73.8. The fourth-order valence-electron chi connectivity index (χ4n) is 1.06. The van der Waals surface area contributed by atoms with Crippen LogP contribution in [0.4, 0.5) is 26.3 Å². The molecule has 0 unspecified atom stereocenters. The van der Waals surface area contributed by atoms with Crippen molar-refractivity contribution in [2.24, 2.45) is 5.73 Å². The first-order chi connectivity index (χ1) is 7.16. The molecule has 1 atom stereocenters. The Balaban J connectivity index is 3.02. The molecule has 0 aliphatic rings. The third kappa shape index (κ3) is 2.29. The van der Waals surface area contributed by atoms with Gasteiger partial charge in [-0.2, -0.15) is 22.0 Å². The third-order valence-electron chi connectivity index (χ3n) is 2.00. The van der Waals surface area contributed by atoms with Gasteiger partial charge in [-0.25, -0.2) is 4.39 Å². The van der Waals surface area contributed by atoms with Crippen molar-refractivity contribution in [1.82, 2.24) is 0 Å². The molecule has 0 fully saturated rings. The Kier molecular flexibility index (Phi) is 3.18. The molecule has 0 heterocycles. The van der Waals surface area contributed by atoms with E-state index in [9.17, 15) is 26.3 Å². The molecule has 1 aromatic rings. The van der Waals surface area contributed by atoms with Crippen LogP contribution in [0.15, 0.2) is 24.3 Å². The minimum absolute atomic E-state index is 0.483. The molecular formula is C9H7F6N. The molecule has 90 valence electrons. The minimum Gasteiger partial charge on any atom is -0.319 e.